The number of aryl methyl sites for hydroxylation is 1. The van der Waals surface area contributed by atoms with Crippen LogP contribution in [-0.2, 0) is 24.8 Å². The van der Waals surface area contributed by atoms with Crippen molar-refractivity contribution >= 4 is 46.0 Å². The van der Waals surface area contributed by atoms with E-state index in [4.69, 9.17) is 27.9 Å². The Morgan fingerprint density at radius 2 is 1.76 bits per heavy atom. The average Bonchev–Trinajstić information content (AvgIpc) is 3.26. The second-order valence-corrected chi connectivity index (χ2v) is 13.1. The van der Waals surface area contributed by atoms with Crippen LogP contribution in [0.2, 0.25) is 10.0 Å². The van der Waals surface area contributed by atoms with Crippen molar-refractivity contribution in [3.63, 3.8) is 0 Å². The van der Waals surface area contributed by atoms with Crippen LogP contribution in [0.3, 0.4) is 0 Å². The van der Waals surface area contributed by atoms with Gasteiger partial charge in [-0.2, -0.15) is 13.2 Å². The quantitative estimate of drug-likeness (QED) is 0.228. The summed E-state index contributed by atoms with van der Waals surface area (Å²) in [5, 5.41) is 6.33. The molecule has 1 aromatic heterocycles. The minimum Gasteiger partial charge on any atom is -0.487 e. The van der Waals surface area contributed by atoms with Crippen LogP contribution in [0.1, 0.15) is 73.8 Å². The number of hydrogen-bond acceptors (Lipinski definition) is 4. The smallest absolute Gasteiger partial charge is 0.391 e. The molecule has 0 bridgehead atoms. The van der Waals surface area contributed by atoms with Crippen LogP contribution >= 0.6 is 23.2 Å². The summed E-state index contributed by atoms with van der Waals surface area (Å²) in [5.41, 5.74) is 1.41. The Hall–Kier alpha value is -3.12. The number of carbonyl (C=O) groups excluding carboxylic acids is 2. The Kier molecular flexibility index (Phi) is 10.6. The van der Waals surface area contributed by atoms with Gasteiger partial charge in [-0.1, -0.05) is 50.0 Å². The van der Waals surface area contributed by atoms with Gasteiger partial charge < -0.3 is 19.9 Å². The van der Waals surface area contributed by atoms with Gasteiger partial charge in [0.25, 0.3) is 12.3 Å². The number of nitrogens with one attached hydrogen (secondary N) is 2. The lowest BCUT2D eigenvalue weighted by molar-refractivity contribution is -0.182. The van der Waals surface area contributed by atoms with Crippen molar-refractivity contribution in [3.05, 3.63) is 56.8 Å². The van der Waals surface area contributed by atoms with E-state index >= 15 is 0 Å². The molecule has 1 aliphatic rings. The maximum atomic E-state index is 13.3. The van der Waals surface area contributed by atoms with E-state index in [-0.39, 0.29) is 55.9 Å². The Balaban J connectivity index is 1.61. The summed E-state index contributed by atoms with van der Waals surface area (Å²) in [4.78, 5) is 30.3. The van der Waals surface area contributed by atoms with E-state index in [9.17, 15) is 31.5 Å². The number of imidazole rings is 1. The number of nitrogens with zero attached hydrogens (tertiary/aromatic N) is 2. The lowest BCUT2D eigenvalue weighted by Gasteiger charge is -2.30. The fraction of sp³-hybridized carbons (Fsp3) is 0.516. The molecule has 0 aliphatic heterocycles. The molecule has 4 rings (SSSR count). The summed E-state index contributed by atoms with van der Waals surface area (Å²) in [6, 6.07) is 5.74. The molecule has 1 saturated carbocycles. The van der Waals surface area contributed by atoms with Gasteiger partial charge >= 0.3 is 6.18 Å². The Morgan fingerprint density at radius 1 is 1.09 bits per heavy atom. The van der Waals surface area contributed by atoms with Crippen LogP contribution in [0.15, 0.2) is 24.3 Å². The van der Waals surface area contributed by atoms with E-state index in [0.29, 0.717) is 38.0 Å². The average molecular weight is 678 g/mol. The van der Waals surface area contributed by atoms with Crippen molar-refractivity contribution in [2.45, 2.75) is 78.1 Å². The molecule has 45 heavy (non-hydrogen) atoms. The number of amides is 2. The van der Waals surface area contributed by atoms with Crippen molar-refractivity contribution in [1.29, 1.82) is 0 Å². The fourth-order valence-corrected chi connectivity index (χ4v) is 5.82. The van der Waals surface area contributed by atoms with Crippen molar-refractivity contribution in [1.82, 2.24) is 20.2 Å². The van der Waals surface area contributed by atoms with Crippen LogP contribution < -0.4 is 15.4 Å². The second-order valence-electron chi connectivity index (χ2n) is 12.3. The fourth-order valence-electron chi connectivity index (χ4n) is 5.25. The first kappa shape index (κ1) is 34.7. The molecule has 1 heterocycles. The number of benzene rings is 2. The molecule has 2 N–H and O–H groups in total. The molecule has 2 aromatic carbocycles. The zero-order chi connectivity index (χ0) is 33.3. The van der Waals surface area contributed by atoms with E-state index < -0.39 is 42.5 Å². The number of aromatic nitrogens is 2. The van der Waals surface area contributed by atoms with Gasteiger partial charge in [-0.3, -0.25) is 9.59 Å². The summed E-state index contributed by atoms with van der Waals surface area (Å²) in [5.74, 6) is -1.83. The van der Waals surface area contributed by atoms with E-state index in [2.05, 4.69) is 15.6 Å². The van der Waals surface area contributed by atoms with Gasteiger partial charge in [-0.25, -0.2) is 13.8 Å². The molecule has 1 aliphatic carbocycles. The molecular weight excluding hydrogens is 642 g/mol. The third kappa shape index (κ3) is 8.38. The number of carbonyl (C=O) groups is 2. The van der Waals surface area contributed by atoms with E-state index in [1.165, 1.54) is 12.1 Å². The number of fused-ring (bicyclic) bond motifs is 1. The zero-order valence-electron chi connectivity index (χ0n) is 25.3. The van der Waals surface area contributed by atoms with E-state index in [1.54, 1.807) is 44.5 Å². The normalized spacial score (nSPS) is 17.5. The standard InChI is InChI=1S/C31H35Cl2F5N4O3/c1-30(2,3)29(44)39-14-16-5-10-21(32)19(27(16)33)12-26-41-22-11-20(24(45-15-25(34)35)13-23(22)42(26)4)28(43)40-18-8-6-17(7-9-18)31(36,37)38/h5,10-11,13,17-18,25H,6-9,12,14-15H2,1-4H3,(H,39,44)(H,40,43). The van der Waals surface area contributed by atoms with Crippen LogP contribution in [0, 0.1) is 11.3 Å². The number of halogens is 7. The molecule has 1 fully saturated rings. The third-order valence-corrected chi connectivity index (χ3v) is 8.76. The summed E-state index contributed by atoms with van der Waals surface area (Å²) in [7, 11) is 1.70. The van der Waals surface area contributed by atoms with Gasteiger partial charge in [0.2, 0.25) is 5.91 Å². The van der Waals surface area contributed by atoms with E-state index in [1.807, 2.05) is 0 Å². The summed E-state index contributed by atoms with van der Waals surface area (Å²) >= 11 is 13.2. The molecule has 7 nitrogen and oxygen atoms in total. The van der Waals surface area contributed by atoms with Crippen molar-refractivity contribution in [2.75, 3.05) is 6.61 Å². The third-order valence-electron chi connectivity index (χ3n) is 7.93. The van der Waals surface area contributed by atoms with Gasteiger partial charge in [0.15, 0.2) is 0 Å². The maximum Gasteiger partial charge on any atom is 0.391 e. The molecule has 0 unspecified atom stereocenters. The van der Waals surface area contributed by atoms with Crippen LogP contribution in [0.4, 0.5) is 22.0 Å². The second kappa shape index (κ2) is 13.7. The van der Waals surface area contributed by atoms with Gasteiger partial charge in [0, 0.05) is 42.6 Å². The topological polar surface area (TPSA) is 85.2 Å². The van der Waals surface area contributed by atoms with Crippen molar-refractivity contribution in [2.24, 2.45) is 18.4 Å². The minimum atomic E-state index is -4.29. The van der Waals surface area contributed by atoms with Gasteiger partial charge in [-0.15, -0.1) is 0 Å². The summed E-state index contributed by atoms with van der Waals surface area (Å²) in [6.07, 6.45) is -6.87. The first-order valence-corrected chi connectivity index (χ1v) is 15.2. The molecule has 0 spiro atoms. The zero-order valence-corrected chi connectivity index (χ0v) is 26.8. The lowest BCUT2D eigenvalue weighted by Crippen LogP contribution is -2.40. The number of ether oxygens (including phenoxy) is 1. The van der Waals surface area contributed by atoms with Gasteiger partial charge in [-0.05, 0) is 48.9 Å². The van der Waals surface area contributed by atoms with Crippen LogP contribution in [0.25, 0.3) is 11.0 Å². The molecule has 14 heteroatoms. The highest BCUT2D eigenvalue weighted by Crippen LogP contribution is 2.38. The Bertz CT molecular complexity index is 1560. The summed E-state index contributed by atoms with van der Waals surface area (Å²) < 4.78 is 72.4. The molecule has 3 aromatic rings. The first-order valence-electron chi connectivity index (χ1n) is 14.5. The molecule has 246 valence electrons. The largest absolute Gasteiger partial charge is 0.487 e. The highest BCUT2D eigenvalue weighted by atomic mass is 35.5. The molecule has 0 radical (unpaired) electrons. The number of rotatable bonds is 9. The molecule has 2 amide bonds. The van der Waals surface area contributed by atoms with E-state index in [0.717, 1.165) is 0 Å². The van der Waals surface area contributed by atoms with Crippen LogP contribution in [-0.4, -0.2) is 46.6 Å². The van der Waals surface area contributed by atoms with Crippen molar-refractivity contribution in [3.8, 4) is 5.75 Å². The van der Waals surface area contributed by atoms with Gasteiger partial charge in [0.05, 0.1) is 27.5 Å². The summed E-state index contributed by atoms with van der Waals surface area (Å²) in [6.45, 7) is 4.61. The molecule has 0 saturated heterocycles. The van der Waals surface area contributed by atoms with Crippen LogP contribution in [0.5, 0.6) is 5.75 Å². The Labute approximate surface area is 267 Å². The van der Waals surface area contributed by atoms with Gasteiger partial charge in [0.1, 0.15) is 18.2 Å². The van der Waals surface area contributed by atoms with Crippen molar-refractivity contribution < 1.29 is 36.3 Å². The SMILES string of the molecule is Cn1c(Cc2c(Cl)ccc(CNC(=O)C(C)(C)C)c2Cl)nc2cc(C(=O)NC3CCC(C(F)(F)F)CC3)c(OCC(F)F)cc21. The highest BCUT2D eigenvalue weighted by molar-refractivity contribution is 6.36. The minimum absolute atomic E-state index is 0.0570. The highest BCUT2D eigenvalue weighted by Gasteiger charge is 2.41. The Morgan fingerprint density at radius 3 is 2.36 bits per heavy atom. The first-order chi connectivity index (χ1) is 21.0. The number of hydrogen-bond donors (Lipinski definition) is 2. The molecular formula is C31H35Cl2F5N4O3. The maximum absolute atomic E-state index is 13.3. The predicted molar refractivity (Wildman–Crippen MR) is 162 cm³/mol. The number of alkyl halides is 5. The lowest BCUT2D eigenvalue weighted by atomic mass is 9.85. The predicted octanol–water partition coefficient (Wildman–Crippen LogP) is 7.63. The molecule has 0 atom stereocenters. The monoisotopic (exact) mass is 676 g/mol.